The van der Waals surface area contributed by atoms with E-state index in [-0.39, 0.29) is 6.03 Å². The number of hydrogen-bond donors (Lipinski definition) is 2. The average Bonchev–Trinajstić information content (AvgIpc) is 2.68. The summed E-state index contributed by atoms with van der Waals surface area (Å²) in [4.78, 5) is 16.5. The predicted molar refractivity (Wildman–Crippen MR) is 98.0 cm³/mol. The number of anilines is 3. The fraction of sp³-hybridized carbons (Fsp3) is 0.0526. The Bertz CT molecular complexity index is 768. The smallest absolute Gasteiger partial charge is 0.338 e. The molecule has 0 atom stereocenters. The number of rotatable bonds is 5. The molecule has 6 nitrogen and oxygen atoms in total. The van der Waals surface area contributed by atoms with Crippen molar-refractivity contribution < 1.29 is 9.53 Å². The Balaban J connectivity index is 1.76. The second-order valence-corrected chi connectivity index (χ2v) is 5.16. The third-order valence-corrected chi connectivity index (χ3v) is 3.45. The SMILES string of the molecule is COc1ccc(NC(=O)NN(c2ccccc2)c2ccccc2)cn1. The van der Waals surface area contributed by atoms with Crippen LogP contribution in [0.1, 0.15) is 0 Å². The minimum atomic E-state index is -0.375. The average molecular weight is 334 g/mol. The van der Waals surface area contributed by atoms with Gasteiger partial charge in [-0.15, -0.1) is 0 Å². The monoisotopic (exact) mass is 334 g/mol. The zero-order chi connectivity index (χ0) is 17.5. The standard InChI is InChI=1S/C19H18N4O2/c1-25-18-13-12-15(14-20-18)21-19(24)22-23(16-8-4-2-5-9-16)17-10-6-3-7-11-17/h2-14H,1H3,(H2,21,22,24). The van der Waals surface area contributed by atoms with Crippen molar-refractivity contribution in [2.24, 2.45) is 0 Å². The van der Waals surface area contributed by atoms with E-state index in [9.17, 15) is 4.79 Å². The topological polar surface area (TPSA) is 66.5 Å². The molecule has 3 aromatic rings. The van der Waals surface area contributed by atoms with Crippen molar-refractivity contribution in [2.45, 2.75) is 0 Å². The van der Waals surface area contributed by atoms with Gasteiger partial charge in [-0.3, -0.25) is 5.01 Å². The highest BCUT2D eigenvalue weighted by Crippen LogP contribution is 2.22. The van der Waals surface area contributed by atoms with E-state index in [2.05, 4.69) is 15.7 Å². The summed E-state index contributed by atoms with van der Waals surface area (Å²) in [6, 6.07) is 22.2. The van der Waals surface area contributed by atoms with Gasteiger partial charge in [0.15, 0.2) is 0 Å². The summed E-state index contributed by atoms with van der Waals surface area (Å²) in [5.74, 6) is 0.487. The first kappa shape index (κ1) is 16.3. The summed E-state index contributed by atoms with van der Waals surface area (Å²) in [6.45, 7) is 0. The van der Waals surface area contributed by atoms with Gasteiger partial charge in [0.25, 0.3) is 0 Å². The maximum atomic E-state index is 12.4. The van der Waals surface area contributed by atoms with E-state index in [0.717, 1.165) is 11.4 Å². The minimum absolute atomic E-state index is 0.375. The highest BCUT2D eigenvalue weighted by atomic mass is 16.5. The molecule has 0 aliphatic rings. The first-order valence-corrected chi connectivity index (χ1v) is 7.74. The van der Waals surface area contributed by atoms with Crippen LogP contribution in [0.15, 0.2) is 79.0 Å². The number of nitrogens with one attached hydrogen (secondary N) is 2. The summed E-state index contributed by atoms with van der Waals surface area (Å²) >= 11 is 0. The van der Waals surface area contributed by atoms with Crippen molar-refractivity contribution in [3.05, 3.63) is 79.0 Å². The number of ether oxygens (including phenoxy) is 1. The van der Waals surface area contributed by atoms with Crippen LogP contribution in [0.25, 0.3) is 0 Å². The lowest BCUT2D eigenvalue weighted by Gasteiger charge is -2.25. The van der Waals surface area contributed by atoms with Crippen LogP contribution in [0.2, 0.25) is 0 Å². The van der Waals surface area contributed by atoms with E-state index in [4.69, 9.17) is 4.74 Å². The molecule has 2 aromatic carbocycles. The van der Waals surface area contributed by atoms with Gasteiger partial charge < -0.3 is 10.1 Å². The quantitative estimate of drug-likeness (QED) is 0.693. The molecule has 0 unspecified atom stereocenters. The summed E-state index contributed by atoms with van der Waals surface area (Å²) in [5, 5.41) is 4.47. The van der Waals surface area contributed by atoms with Crippen molar-refractivity contribution >= 4 is 23.1 Å². The number of carbonyl (C=O) groups is 1. The largest absolute Gasteiger partial charge is 0.481 e. The van der Waals surface area contributed by atoms with E-state index >= 15 is 0 Å². The molecule has 0 aliphatic heterocycles. The molecule has 6 heteroatoms. The lowest BCUT2D eigenvalue weighted by molar-refractivity contribution is 0.252. The van der Waals surface area contributed by atoms with Gasteiger partial charge in [0.1, 0.15) is 0 Å². The summed E-state index contributed by atoms with van der Waals surface area (Å²) in [5.41, 5.74) is 5.11. The molecule has 2 amide bonds. The molecule has 0 spiro atoms. The second-order valence-electron chi connectivity index (χ2n) is 5.16. The first-order chi connectivity index (χ1) is 12.3. The Hall–Kier alpha value is -3.54. The van der Waals surface area contributed by atoms with Gasteiger partial charge in [-0.05, 0) is 30.3 Å². The summed E-state index contributed by atoms with van der Waals surface area (Å²) in [6.07, 6.45) is 1.54. The van der Waals surface area contributed by atoms with Gasteiger partial charge in [-0.25, -0.2) is 15.2 Å². The number of benzene rings is 2. The van der Waals surface area contributed by atoms with Crippen molar-refractivity contribution in [3.63, 3.8) is 0 Å². The third kappa shape index (κ3) is 4.26. The van der Waals surface area contributed by atoms with Gasteiger partial charge in [-0.2, -0.15) is 0 Å². The molecule has 1 aromatic heterocycles. The Morgan fingerprint density at radius 2 is 1.52 bits per heavy atom. The molecule has 2 N–H and O–H groups in total. The molecular weight excluding hydrogens is 316 g/mol. The minimum Gasteiger partial charge on any atom is -0.481 e. The molecule has 0 bridgehead atoms. The van der Waals surface area contributed by atoms with Gasteiger partial charge in [0.05, 0.1) is 30.4 Å². The van der Waals surface area contributed by atoms with Crippen LogP contribution < -0.4 is 20.5 Å². The highest BCUT2D eigenvalue weighted by molar-refractivity contribution is 5.91. The maximum Gasteiger partial charge on any atom is 0.338 e. The van der Waals surface area contributed by atoms with E-state index in [1.54, 1.807) is 24.3 Å². The number of aromatic nitrogens is 1. The number of carbonyl (C=O) groups excluding carboxylic acids is 1. The number of urea groups is 1. The maximum absolute atomic E-state index is 12.4. The predicted octanol–water partition coefficient (Wildman–Crippen LogP) is 3.97. The number of hydrazine groups is 1. The van der Waals surface area contributed by atoms with Gasteiger partial charge in [0, 0.05) is 6.07 Å². The number of hydrogen-bond acceptors (Lipinski definition) is 4. The van der Waals surface area contributed by atoms with Crippen molar-refractivity contribution in [3.8, 4) is 5.88 Å². The number of nitrogens with zero attached hydrogens (tertiary/aromatic N) is 2. The fourth-order valence-corrected chi connectivity index (χ4v) is 2.27. The van der Waals surface area contributed by atoms with Crippen LogP contribution in [0, 0.1) is 0 Å². The second kappa shape index (κ2) is 7.83. The Morgan fingerprint density at radius 3 is 2.00 bits per heavy atom. The normalized spacial score (nSPS) is 9.96. The third-order valence-electron chi connectivity index (χ3n) is 3.45. The molecule has 3 rings (SSSR count). The molecule has 0 fully saturated rings. The number of methoxy groups -OCH3 is 1. The highest BCUT2D eigenvalue weighted by Gasteiger charge is 2.12. The van der Waals surface area contributed by atoms with Crippen LogP contribution >= 0.6 is 0 Å². The molecular formula is C19H18N4O2. The Labute approximate surface area is 146 Å². The number of pyridine rings is 1. The fourth-order valence-electron chi connectivity index (χ4n) is 2.27. The van der Waals surface area contributed by atoms with E-state index in [1.165, 1.54) is 6.20 Å². The van der Waals surface area contributed by atoms with Crippen molar-refractivity contribution in [1.82, 2.24) is 10.4 Å². The van der Waals surface area contributed by atoms with Crippen LogP contribution in [0.5, 0.6) is 5.88 Å². The Morgan fingerprint density at radius 1 is 0.920 bits per heavy atom. The Kier molecular flexibility index (Phi) is 5.11. The molecule has 0 radical (unpaired) electrons. The molecule has 0 aliphatic carbocycles. The molecule has 25 heavy (non-hydrogen) atoms. The lowest BCUT2D eigenvalue weighted by atomic mass is 10.2. The van der Waals surface area contributed by atoms with Crippen LogP contribution in [0.4, 0.5) is 21.9 Å². The van der Waals surface area contributed by atoms with Gasteiger partial charge in [0.2, 0.25) is 5.88 Å². The summed E-state index contributed by atoms with van der Waals surface area (Å²) in [7, 11) is 1.54. The number of para-hydroxylation sites is 2. The summed E-state index contributed by atoms with van der Waals surface area (Å²) < 4.78 is 5.01. The van der Waals surface area contributed by atoms with E-state index in [0.29, 0.717) is 11.6 Å². The van der Waals surface area contributed by atoms with Gasteiger partial charge >= 0.3 is 6.03 Å². The van der Waals surface area contributed by atoms with E-state index < -0.39 is 0 Å². The molecule has 0 saturated carbocycles. The van der Waals surface area contributed by atoms with E-state index in [1.807, 2.05) is 60.7 Å². The van der Waals surface area contributed by atoms with Gasteiger partial charge in [-0.1, -0.05) is 36.4 Å². The van der Waals surface area contributed by atoms with Crippen LogP contribution in [0.3, 0.4) is 0 Å². The number of amides is 2. The first-order valence-electron chi connectivity index (χ1n) is 7.74. The molecule has 126 valence electrons. The molecule has 0 saturated heterocycles. The zero-order valence-electron chi connectivity index (χ0n) is 13.7. The van der Waals surface area contributed by atoms with Crippen molar-refractivity contribution in [1.29, 1.82) is 0 Å². The van der Waals surface area contributed by atoms with Crippen LogP contribution in [-0.4, -0.2) is 18.1 Å². The lowest BCUT2D eigenvalue weighted by Crippen LogP contribution is -2.41. The molecule has 1 heterocycles. The van der Waals surface area contributed by atoms with Crippen molar-refractivity contribution in [2.75, 3.05) is 17.4 Å². The zero-order valence-corrected chi connectivity index (χ0v) is 13.7. The van der Waals surface area contributed by atoms with Crippen LogP contribution in [-0.2, 0) is 0 Å².